The van der Waals surface area contributed by atoms with Crippen LogP contribution in [0.15, 0.2) is 29.2 Å². The monoisotopic (exact) mass is 277 g/mol. The zero-order valence-electron chi connectivity index (χ0n) is 10.8. The summed E-state index contributed by atoms with van der Waals surface area (Å²) in [4.78, 5) is 13.4. The molecule has 1 saturated carbocycles. The minimum Gasteiger partial charge on any atom is -0.393 e. The van der Waals surface area contributed by atoms with E-state index in [0.29, 0.717) is 12.5 Å². The highest BCUT2D eigenvalue weighted by atomic mass is 32.2. The lowest BCUT2D eigenvalue weighted by molar-refractivity contribution is -0.120. The number of benzene rings is 1. The Balaban J connectivity index is 1.50. The van der Waals surface area contributed by atoms with Gasteiger partial charge in [0.15, 0.2) is 0 Å². The maximum atomic E-state index is 12.2. The summed E-state index contributed by atoms with van der Waals surface area (Å²) < 4.78 is 0. The van der Waals surface area contributed by atoms with Crippen LogP contribution < -0.4 is 5.32 Å². The van der Waals surface area contributed by atoms with E-state index in [1.165, 1.54) is 10.5 Å². The summed E-state index contributed by atoms with van der Waals surface area (Å²) in [6.45, 7) is 0.712. The average Bonchev–Trinajstić information content (AvgIpc) is 3.01. The van der Waals surface area contributed by atoms with Crippen molar-refractivity contribution in [2.75, 3.05) is 6.54 Å². The van der Waals surface area contributed by atoms with Crippen LogP contribution >= 0.6 is 11.8 Å². The fraction of sp³-hybridized carbons (Fsp3) is 0.533. The van der Waals surface area contributed by atoms with Crippen molar-refractivity contribution < 1.29 is 9.90 Å². The second kappa shape index (κ2) is 5.55. The number of aliphatic hydroxyl groups excluding tert-OH is 1. The molecule has 1 fully saturated rings. The third-order valence-electron chi connectivity index (χ3n) is 4.02. The van der Waals surface area contributed by atoms with E-state index in [0.717, 1.165) is 25.7 Å². The van der Waals surface area contributed by atoms with Crippen LogP contribution in [0, 0.1) is 5.92 Å². The molecule has 19 heavy (non-hydrogen) atoms. The lowest BCUT2D eigenvalue weighted by atomic mass is 10.1. The van der Waals surface area contributed by atoms with Crippen molar-refractivity contribution in [1.82, 2.24) is 5.32 Å². The van der Waals surface area contributed by atoms with Crippen molar-refractivity contribution in [3.8, 4) is 0 Å². The van der Waals surface area contributed by atoms with E-state index in [-0.39, 0.29) is 17.3 Å². The molecule has 1 aliphatic heterocycles. The summed E-state index contributed by atoms with van der Waals surface area (Å²) in [5.74, 6) is 0.593. The van der Waals surface area contributed by atoms with Gasteiger partial charge in [-0.3, -0.25) is 4.79 Å². The summed E-state index contributed by atoms with van der Waals surface area (Å²) in [6, 6.07) is 8.23. The molecule has 2 N–H and O–H groups in total. The van der Waals surface area contributed by atoms with Crippen LogP contribution in [0.3, 0.4) is 0 Å². The van der Waals surface area contributed by atoms with E-state index in [4.69, 9.17) is 0 Å². The van der Waals surface area contributed by atoms with E-state index in [2.05, 4.69) is 17.4 Å². The number of fused-ring (bicyclic) bond motifs is 1. The molecule has 3 atom stereocenters. The lowest BCUT2D eigenvalue weighted by Gasteiger charge is -2.13. The number of rotatable bonds is 3. The van der Waals surface area contributed by atoms with E-state index in [9.17, 15) is 9.90 Å². The highest BCUT2D eigenvalue weighted by molar-refractivity contribution is 8.01. The number of hydrogen-bond donors (Lipinski definition) is 2. The molecular formula is C15H19NO2S. The Bertz CT molecular complexity index is 452. The number of amides is 1. The zero-order valence-corrected chi connectivity index (χ0v) is 11.7. The van der Waals surface area contributed by atoms with Crippen LogP contribution in [-0.2, 0) is 11.2 Å². The fourth-order valence-electron chi connectivity index (χ4n) is 2.92. The summed E-state index contributed by atoms with van der Waals surface area (Å²) in [5, 5.41) is 12.5. The Morgan fingerprint density at radius 3 is 2.95 bits per heavy atom. The average molecular weight is 277 g/mol. The fourth-order valence-corrected chi connectivity index (χ4v) is 4.14. The third-order valence-corrected chi connectivity index (χ3v) is 5.34. The Hall–Kier alpha value is -1.00. The number of thioether (sulfide) groups is 1. The topological polar surface area (TPSA) is 49.3 Å². The van der Waals surface area contributed by atoms with E-state index in [1.807, 2.05) is 12.1 Å². The van der Waals surface area contributed by atoms with Gasteiger partial charge in [-0.2, -0.15) is 0 Å². The van der Waals surface area contributed by atoms with Gasteiger partial charge < -0.3 is 10.4 Å². The Morgan fingerprint density at radius 1 is 1.37 bits per heavy atom. The zero-order chi connectivity index (χ0) is 13.2. The molecule has 1 amide bonds. The molecule has 0 radical (unpaired) electrons. The van der Waals surface area contributed by atoms with E-state index >= 15 is 0 Å². The molecule has 3 unspecified atom stereocenters. The van der Waals surface area contributed by atoms with Crippen molar-refractivity contribution >= 4 is 17.7 Å². The van der Waals surface area contributed by atoms with E-state index in [1.54, 1.807) is 11.8 Å². The molecule has 102 valence electrons. The minimum absolute atomic E-state index is 0.0173. The lowest BCUT2D eigenvalue weighted by Crippen LogP contribution is -2.35. The first-order chi connectivity index (χ1) is 9.22. The molecule has 0 aromatic heterocycles. The van der Waals surface area contributed by atoms with Gasteiger partial charge in [0.05, 0.1) is 11.4 Å². The second-order valence-electron chi connectivity index (χ2n) is 5.50. The van der Waals surface area contributed by atoms with E-state index < -0.39 is 0 Å². The second-order valence-corrected chi connectivity index (χ2v) is 6.74. The summed E-state index contributed by atoms with van der Waals surface area (Å²) in [7, 11) is 0. The van der Waals surface area contributed by atoms with Gasteiger partial charge in [0.1, 0.15) is 0 Å². The number of carbonyl (C=O) groups excluding carboxylic acids is 1. The van der Waals surface area contributed by atoms with Gasteiger partial charge in [-0.05, 0) is 43.2 Å². The largest absolute Gasteiger partial charge is 0.393 e. The molecule has 4 heteroatoms. The number of nitrogens with one attached hydrogen (secondary N) is 1. The van der Waals surface area contributed by atoms with Crippen molar-refractivity contribution in [2.24, 2.45) is 5.92 Å². The SMILES string of the molecule is O=C(NCC1CCC(O)C1)C1Cc2ccccc2S1. The van der Waals surface area contributed by atoms with Gasteiger partial charge in [-0.1, -0.05) is 18.2 Å². The van der Waals surface area contributed by atoms with Crippen LogP contribution in [0.25, 0.3) is 0 Å². The van der Waals surface area contributed by atoms with Crippen molar-refractivity contribution in [3.05, 3.63) is 29.8 Å². The van der Waals surface area contributed by atoms with Crippen molar-refractivity contribution in [2.45, 2.75) is 41.9 Å². The molecule has 2 aliphatic rings. The molecule has 3 rings (SSSR count). The molecule has 0 saturated heterocycles. The van der Waals surface area contributed by atoms with Gasteiger partial charge >= 0.3 is 0 Å². The van der Waals surface area contributed by atoms with Gasteiger partial charge in [0.25, 0.3) is 0 Å². The smallest absolute Gasteiger partial charge is 0.233 e. The molecule has 3 nitrogen and oxygen atoms in total. The number of aliphatic hydroxyl groups is 1. The van der Waals surface area contributed by atoms with Crippen LogP contribution in [-0.4, -0.2) is 28.9 Å². The molecule has 1 heterocycles. The Labute approximate surface area is 117 Å². The number of carbonyl (C=O) groups is 1. The minimum atomic E-state index is -0.160. The Kier molecular flexibility index (Phi) is 3.80. The van der Waals surface area contributed by atoms with Gasteiger partial charge in [-0.15, -0.1) is 11.8 Å². The standard InChI is InChI=1S/C15H19NO2S/c17-12-6-5-10(7-12)9-16-15(18)14-8-11-3-1-2-4-13(11)19-14/h1-4,10,12,14,17H,5-9H2,(H,16,18). The first kappa shape index (κ1) is 13.0. The number of hydrogen-bond acceptors (Lipinski definition) is 3. The molecular weight excluding hydrogens is 258 g/mol. The molecule has 1 aromatic carbocycles. The van der Waals surface area contributed by atoms with Crippen LogP contribution in [0.4, 0.5) is 0 Å². The third kappa shape index (κ3) is 2.95. The molecule has 1 aliphatic carbocycles. The molecule has 0 spiro atoms. The first-order valence-corrected chi connectivity index (χ1v) is 7.80. The predicted molar refractivity (Wildman–Crippen MR) is 76.1 cm³/mol. The van der Waals surface area contributed by atoms with Gasteiger partial charge in [-0.25, -0.2) is 0 Å². The molecule has 1 aromatic rings. The van der Waals surface area contributed by atoms with Crippen molar-refractivity contribution in [3.63, 3.8) is 0 Å². The quantitative estimate of drug-likeness (QED) is 0.888. The van der Waals surface area contributed by atoms with Gasteiger partial charge in [0, 0.05) is 11.4 Å². The van der Waals surface area contributed by atoms with Crippen LogP contribution in [0.2, 0.25) is 0 Å². The highest BCUT2D eigenvalue weighted by Crippen LogP contribution is 2.36. The van der Waals surface area contributed by atoms with Crippen LogP contribution in [0.1, 0.15) is 24.8 Å². The Morgan fingerprint density at radius 2 is 2.21 bits per heavy atom. The highest BCUT2D eigenvalue weighted by Gasteiger charge is 2.29. The molecule has 0 bridgehead atoms. The van der Waals surface area contributed by atoms with Crippen molar-refractivity contribution in [1.29, 1.82) is 0 Å². The normalized spacial score (nSPS) is 29.2. The summed E-state index contributed by atoms with van der Waals surface area (Å²) >= 11 is 1.67. The first-order valence-electron chi connectivity index (χ1n) is 6.92. The predicted octanol–water partition coefficient (Wildman–Crippen LogP) is 1.98. The van der Waals surface area contributed by atoms with Crippen LogP contribution in [0.5, 0.6) is 0 Å². The summed E-state index contributed by atoms with van der Waals surface area (Å²) in [5.41, 5.74) is 1.28. The maximum absolute atomic E-state index is 12.2. The summed E-state index contributed by atoms with van der Waals surface area (Å²) in [6.07, 6.45) is 3.41. The van der Waals surface area contributed by atoms with Gasteiger partial charge in [0.2, 0.25) is 5.91 Å². The maximum Gasteiger partial charge on any atom is 0.233 e.